The number of hydrogen-bond acceptors (Lipinski definition) is 13. The minimum absolute atomic E-state index is 0.0186. The predicted octanol–water partition coefficient (Wildman–Crippen LogP) is -2.20. The lowest BCUT2D eigenvalue weighted by molar-refractivity contribution is -0.384. The Kier molecular flexibility index (Phi) is 10.8. The van der Waals surface area contributed by atoms with Crippen LogP contribution in [0, 0.1) is 11.8 Å². The van der Waals surface area contributed by atoms with Gasteiger partial charge in [0.25, 0.3) is 0 Å². The Morgan fingerprint density at radius 1 is 0.943 bits per heavy atom. The molecule has 0 aliphatic carbocycles. The Balaban J connectivity index is 2.35. The van der Waals surface area contributed by atoms with Gasteiger partial charge in [-0.05, 0) is 12.3 Å². The molecular formula is C22H38O13. The Labute approximate surface area is 203 Å². The van der Waals surface area contributed by atoms with Crippen LogP contribution >= 0.6 is 0 Å². The van der Waals surface area contributed by atoms with Crippen molar-refractivity contribution in [3.8, 4) is 0 Å². The van der Waals surface area contributed by atoms with Crippen molar-refractivity contribution in [2.75, 3.05) is 19.8 Å². The smallest absolute Gasteiger partial charge is 0.309 e. The van der Waals surface area contributed by atoms with Crippen LogP contribution in [0.4, 0.5) is 0 Å². The van der Waals surface area contributed by atoms with Crippen molar-refractivity contribution in [2.45, 2.75) is 95.3 Å². The third-order valence-electron chi connectivity index (χ3n) is 6.13. The van der Waals surface area contributed by atoms with Gasteiger partial charge in [0.1, 0.15) is 37.1 Å². The van der Waals surface area contributed by atoms with Gasteiger partial charge in [-0.15, -0.1) is 0 Å². The average Bonchev–Trinajstić information content (AvgIpc) is 3.06. The molecule has 2 saturated heterocycles. The molecule has 2 heterocycles. The first kappa shape index (κ1) is 29.8. The van der Waals surface area contributed by atoms with Crippen LogP contribution in [0.1, 0.15) is 40.5 Å². The zero-order valence-corrected chi connectivity index (χ0v) is 20.4. The van der Waals surface area contributed by atoms with Crippen LogP contribution in [0.25, 0.3) is 0 Å². The second kappa shape index (κ2) is 12.7. The molecule has 0 bridgehead atoms. The highest BCUT2D eigenvalue weighted by Gasteiger charge is 2.59. The Hall–Kier alpha value is -1.42. The minimum Gasteiger partial charge on any atom is -0.455 e. The maximum Gasteiger partial charge on any atom is 0.309 e. The monoisotopic (exact) mass is 510 g/mol. The minimum atomic E-state index is -2.31. The molecule has 2 fully saturated rings. The summed E-state index contributed by atoms with van der Waals surface area (Å²) in [5.41, 5.74) is 0. The van der Waals surface area contributed by atoms with E-state index in [0.717, 1.165) is 0 Å². The molecule has 0 radical (unpaired) electrons. The van der Waals surface area contributed by atoms with Gasteiger partial charge < -0.3 is 54.3 Å². The van der Waals surface area contributed by atoms with Gasteiger partial charge in [0.2, 0.25) is 5.79 Å². The average molecular weight is 511 g/mol. The van der Waals surface area contributed by atoms with E-state index in [1.54, 1.807) is 27.7 Å². The number of rotatable bonds is 11. The van der Waals surface area contributed by atoms with Gasteiger partial charge >= 0.3 is 11.9 Å². The number of carbonyl (C=O) groups is 2. The van der Waals surface area contributed by atoms with Crippen molar-refractivity contribution >= 4 is 11.9 Å². The highest BCUT2D eigenvalue weighted by Crippen LogP contribution is 2.37. The number of aliphatic hydroxyl groups excluding tert-OH is 6. The lowest BCUT2D eigenvalue weighted by Gasteiger charge is -2.45. The normalized spacial score (nSPS) is 38.4. The van der Waals surface area contributed by atoms with E-state index >= 15 is 0 Å². The summed E-state index contributed by atoms with van der Waals surface area (Å²) in [6.07, 6.45) is -12.2. The Morgan fingerprint density at radius 3 is 2.06 bits per heavy atom. The van der Waals surface area contributed by atoms with E-state index < -0.39 is 92.5 Å². The van der Waals surface area contributed by atoms with Crippen molar-refractivity contribution in [3.05, 3.63) is 0 Å². The molecule has 2 rings (SSSR count). The zero-order chi connectivity index (χ0) is 26.5. The molecule has 204 valence electrons. The van der Waals surface area contributed by atoms with Crippen LogP contribution in [0.5, 0.6) is 0 Å². The van der Waals surface area contributed by atoms with Crippen LogP contribution < -0.4 is 0 Å². The summed E-state index contributed by atoms with van der Waals surface area (Å²) >= 11 is 0. The zero-order valence-electron chi connectivity index (χ0n) is 20.4. The van der Waals surface area contributed by atoms with E-state index in [2.05, 4.69) is 0 Å². The first-order valence-corrected chi connectivity index (χ1v) is 11.7. The van der Waals surface area contributed by atoms with Crippen LogP contribution in [0.2, 0.25) is 0 Å². The van der Waals surface area contributed by atoms with Crippen molar-refractivity contribution in [1.82, 2.24) is 0 Å². The molecule has 6 N–H and O–H groups in total. The maximum atomic E-state index is 12.6. The van der Waals surface area contributed by atoms with Crippen molar-refractivity contribution in [1.29, 1.82) is 0 Å². The summed E-state index contributed by atoms with van der Waals surface area (Å²) in [5.74, 6) is -4.31. The summed E-state index contributed by atoms with van der Waals surface area (Å²) in [6, 6.07) is 0. The molecule has 13 heteroatoms. The molecule has 0 aromatic rings. The Morgan fingerprint density at radius 2 is 1.57 bits per heavy atom. The van der Waals surface area contributed by atoms with Gasteiger partial charge in [0, 0.05) is 6.42 Å². The molecule has 2 aliphatic heterocycles. The molecule has 13 nitrogen and oxygen atoms in total. The quantitative estimate of drug-likeness (QED) is 0.164. The predicted molar refractivity (Wildman–Crippen MR) is 115 cm³/mol. The fraction of sp³-hybridized carbons (Fsp3) is 0.909. The summed E-state index contributed by atoms with van der Waals surface area (Å²) in [7, 11) is 0. The van der Waals surface area contributed by atoms with Crippen LogP contribution in [0.15, 0.2) is 0 Å². The molecule has 10 unspecified atom stereocenters. The van der Waals surface area contributed by atoms with Crippen molar-refractivity contribution in [2.24, 2.45) is 11.8 Å². The maximum absolute atomic E-state index is 12.6. The number of aliphatic hydroxyl groups is 6. The highest BCUT2D eigenvalue weighted by atomic mass is 16.8. The van der Waals surface area contributed by atoms with E-state index in [1.165, 1.54) is 0 Å². The molecule has 10 atom stereocenters. The molecule has 0 amide bonds. The molecule has 0 saturated carbocycles. The van der Waals surface area contributed by atoms with Crippen LogP contribution in [-0.4, -0.2) is 117 Å². The van der Waals surface area contributed by atoms with Gasteiger partial charge in [0.05, 0.1) is 19.1 Å². The molecule has 0 spiro atoms. The van der Waals surface area contributed by atoms with Crippen LogP contribution in [-0.2, 0) is 33.3 Å². The van der Waals surface area contributed by atoms with Gasteiger partial charge in [0.15, 0.2) is 18.5 Å². The SMILES string of the molecule is CCC(C)C(=O)OC1C(O)C(OC2(CO)OC(CO)C(O)C2O)OC(CO)C1OC(=O)CC(C)C. The summed E-state index contributed by atoms with van der Waals surface area (Å²) in [5, 5.41) is 60.7. The van der Waals surface area contributed by atoms with E-state index in [-0.39, 0.29) is 12.3 Å². The molecule has 2 aliphatic rings. The third kappa shape index (κ3) is 6.67. The Bertz CT molecular complexity index is 703. The van der Waals surface area contributed by atoms with Gasteiger partial charge in [-0.25, -0.2) is 0 Å². The number of ether oxygens (including phenoxy) is 5. The number of hydrogen-bond donors (Lipinski definition) is 6. The number of esters is 2. The summed E-state index contributed by atoms with van der Waals surface area (Å²) in [6.45, 7) is 4.48. The summed E-state index contributed by atoms with van der Waals surface area (Å²) < 4.78 is 27.3. The van der Waals surface area contributed by atoms with E-state index in [0.29, 0.717) is 6.42 Å². The second-order valence-corrected chi connectivity index (χ2v) is 9.34. The fourth-order valence-electron chi connectivity index (χ4n) is 3.83. The van der Waals surface area contributed by atoms with Crippen molar-refractivity contribution < 1.29 is 63.9 Å². The largest absolute Gasteiger partial charge is 0.455 e. The third-order valence-corrected chi connectivity index (χ3v) is 6.13. The van der Waals surface area contributed by atoms with Crippen LogP contribution in [0.3, 0.4) is 0 Å². The second-order valence-electron chi connectivity index (χ2n) is 9.34. The van der Waals surface area contributed by atoms with Gasteiger partial charge in [-0.3, -0.25) is 9.59 Å². The number of carbonyl (C=O) groups excluding carboxylic acids is 2. The fourth-order valence-corrected chi connectivity index (χ4v) is 3.83. The van der Waals surface area contributed by atoms with E-state index in [4.69, 9.17) is 23.7 Å². The van der Waals surface area contributed by atoms with Gasteiger partial charge in [-0.1, -0.05) is 27.7 Å². The standard InChI is InChI=1S/C22H38O13/c1-5-11(4)20(30)33-18-16(28)21(31-13(8-24)17(18)32-14(26)6-10(2)3)35-22(9-25)19(29)15(27)12(7-23)34-22/h10-13,15-19,21,23-25,27-29H,5-9H2,1-4H3. The molecular weight excluding hydrogens is 472 g/mol. The lowest BCUT2D eigenvalue weighted by atomic mass is 9.97. The topological polar surface area (TPSA) is 202 Å². The highest BCUT2D eigenvalue weighted by molar-refractivity contribution is 5.72. The lowest BCUT2D eigenvalue weighted by Crippen LogP contribution is -2.64. The van der Waals surface area contributed by atoms with E-state index in [1.807, 2.05) is 0 Å². The van der Waals surface area contributed by atoms with Crippen molar-refractivity contribution in [3.63, 3.8) is 0 Å². The first-order chi connectivity index (χ1) is 16.4. The molecule has 0 aromatic heterocycles. The molecule has 35 heavy (non-hydrogen) atoms. The van der Waals surface area contributed by atoms with Gasteiger partial charge in [-0.2, -0.15) is 0 Å². The van der Waals surface area contributed by atoms with E-state index in [9.17, 15) is 40.2 Å². The summed E-state index contributed by atoms with van der Waals surface area (Å²) in [4.78, 5) is 24.9. The molecule has 0 aromatic carbocycles. The first-order valence-electron chi connectivity index (χ1n) is 11.7.